The average molecular weight is 251 g/mol. The third kappa shape index (κ3) is 3.21. The number of benzene rings is 1. The SMILES string of the molecule is CN1CCC(N(C)Cc2ccc(N)c(F)c2)CC1. The molecule has 0 unspecified atom stereocenters. The minimum atomic E-state index is -0.315. The van der Waals surface area contributed by atoms with Crippen LogP contribution in [0, 0.1) is 5.82 Å². The molecule has 1 aromatic carbocycles. The van der Waals surface area contributed by atoms with Gasteiger partial charge in [-0.1, -0.05) is 6.07 Å². The van der Waals surface area contributed by atoms with E-state index in [1.54, 1.807) is 12.1 Å². The summed E-state index contributed by atoms with van der Waals surface area (Å²) in [5.74, 6) is -0.315. The summed E-state index contributed by atoms with van der Waals surface area (Å²) in [5.41, 5.74) is 6.70. The highest BCUT2D eigenvalue weighted by Gasteiger charge is 2.20. The molecule has 1 aliphatic rings. The molecule has 1 fully saturated rings. The second kappa shape index (κ2) is 5.67. The smallest absolute Gasteiger partial charge is 0.146 e. The van der Waals surface area contributed by atoms with E-state index >= 15 is 0 Å². The molecule has 3 nitrogen and oxygen atoms in total. The largest absolute Gasteiger partial charge is 0.396 e. The van der Waals surface area contributed by atoms with Crippen LogP contribution >= 0.6 is 0 Å². The van der Waals surface area contributed by atoms with Crippen molar-refractivity contribution in [1.29, 1.82) is 0 Å². The van der Waals surface area contributed by atoms with Gasteiger partial charge in [0.25, 0.3) is 0 Å². The van der Waals surface area contributed by atoms with Crippen LogP contribution in [0.4, 0.5) is 10.1 Å². The van der Waals surface area contributed by atoms with Crippen molar-refractivity contribution in [3.63, 3.8) is 0 Å². The molecule has 2 rings (SSSR count). The van der Waals surface area contributed by atoms with Crippen LogP contribution in [0.15, 0.2) is 18.2 Å². The fourth-order valence-corrected chi connectivity index (χ4v) is 2.52. The first-order valence-electron chi connectivity index (χ1n) is 6.49. The monoisotopic (exact) mass is 251 g/mol. The molecule has 2 N–H and O–H groups in total. The Labute approximate surface area is 108 Å². The predicted molar refractivity (Wildman–Crippen MR) is 72.8 cm³/mol. The lowest BCUT2D eigenvalue weighted by atomic mass is 10.0. The van der Waals surface area contributed by atoms with Crippen LogP contribution in [0.2, 0.25) is 0 Å². The van der Waals surface area contributed by atoms with E-state index in [1.165, 1.54) is 12.8 Å². The lowest BCUT2D eigenvalue weighted by Crippen LogP contribution is -2.41. The molecule has 100 valence electrons. The lowest BCUT2D eigenvalue weighted by molar-refractivity contribution is 0.139. The predicted octanol–water partition coefficient (Wildman–Crippen LogP) is 1.93. The molecular weight excluding hydrogens is 229 g/mol. The highest BCUT2D eigenvalue weighted by atomic mass is 19.1. The number of nitrogens with zero attached hydrogens (tertiary/aromatic N) is 2. The Bertz CT molecular complexity index is 400. The first-order valence-corrected chi connectivity index (χ1v) is 6.49. The number of hydrogen-bond donors (Lipinski definition) is 1. The number of halogens is 1. The standard InChI is InChI=1S/C14H22FN3/c1-17-7-5-12(6-8-17)18(2)10-11-3-4-14(16)13(15)9-11/h3-4,9,12H,5-8,10,16H2,1-2H3. The van der Waals surface area contributed by atoms with Gasteiger partial charge in [-0.25, -0.2) is 4.39 Å². The van der Waals surface area contributed by atoms with E-state index in [2.05, 4.69) is 23.9 Å². The van der Waals surface area contributed by atoms with Gasteiger partial charge in [-0.05, 0) is 57.7 Å². The molecule has 1 heterocycles. The van der Waals surface area contributed by atoms with Gasteiger partial charge in [0.2, 0.25) is 0 Å². The minimum absolute atomic E-state index is 0.223. The van der Waals surface area contributed by atoms with Crippen LogP contribution in [0.1, 0.15) is 18.4 Å². The zero-order valence-electron chi connectivity index (χ0n) is 11.2. The van der Waals surface area contributed by atoms with Gasteiger partial charge in [-0.15, -0.1) is 0 Å². The van der Waals surface area contributed by atoms with E-state index in [-0.39, 0.29) is 11.5 Å². The van der Waals surface area contributed by atoms with Crippen molar-refractivity contribution in [2.24, 2.45) is 0 Å². The van der Waals surface area contributed by atoms with Gasteiger partial charge < -0.3 is 10.6 Å². The maximum absolute atomic E-state index is 13.4. The fourth-order valence-electron chi connectivity index (χ4n) is 2.52. The summed E-state index contributed by atoms with van der Waals surface area (Å²) in [4.78, 5) is 4.67. The molecule has 0 amide bonds. The summed E-state index contributed by atoms with van der Waals surface area (Å²) in [5, 5.41) is 0. The van der Waals surface area contributed by atoms with E-state index in [1.807, 2.05) is 6.07 Å². The lowest BCUT2D eigenvalue weighted by Gasteiger charge is -2.35. The van der Waals surface area contributed by atoms with Gasteiger partial charge in [-0.3, -0.25) is 4.90 Å². The van der Waals surface area contributed by atoms with Crippen molar-refractivity contribution < 1.29 is 4.39 Å². The van der Waals surface area contributed by atoms with Crippen molar-refractivity contribution >= 4 is 5.69 Å². The topological polar surface area (TPSA) is 32.5 Å². The second-order valence-corrected chi connectivity index (χ2v) is 5.31. The van der Waals surface area contributed by atoms with E-state index in [9.17, 15) is 4.39 Å². The quantitative estimate of drug-likeness (QED) is 0.833. The summed E-state index contributed by atoms with van der Waals surface area (Å²) in [6, 6.07) is 5.69. The van der Waals surface area contributed by atoms with Crippen LogP contribution in [-0.4, -0.2) is 43.0 Å². The Hall–Kier alpha value is -1.13. The first kappa shape index (κ1) is 13.3. The molecule has 18 heavy (non-hydrogen) atoms. The van der Waals surface area contributed by atoms with Crippen LogP contribution in [-0.2, 0) is 6.54 Å². The molecule has 4 heteroatoms. The molecule has 0 aliphatic carbocycles. The number of rotatable bonds is 3. The number of piperidine rings is 1. The van der Waals surface area contributed by atoms with Crippen LogP contribution in [0.25, 0.3) is 0 Å². The number of nitrogen functional groups attached to an aromatic ring is 1. The van der Waals surface area contributed by atoms with Crippen LogP contribution in [0.3, 0.4) is 0 Å². The van der Waals surface area contributed by atoms with Crippen LogP contribution < -0.4 is 5.73 Å². The molecule has 0 saturated carbocycles. The second-order valence-electron chi connectivity index (χ2n) is 5.31. The number of anilines is 1. The van der Waals surface area contributed by atoms with Crippen molar-refractivity contribution in [2.75, 3.05) is 32.9 Å². The van der Waals surface area contributed by atoms with Crippen molar-refractivity contribution in [1.82, 2.24) is 9.80 Å². The molecule has 0 aromatic heterocycles. The first-order chi connectivity index (χ1) is 8.56. The molecule has 1 aliphatic heterocycles. The Kier molecular flexibility index (Phi) is 4.19. The average Bonchev–Trinajstić information content (AvgIpc) is 2.34. The van der Waals surface area contributed by atoms with Crippen molar-refractivity contribution in [3.05, 3.63) is 29.6 Å². The van der Waals surface area contributed by atoms with Crippen molar-refractivity contribution in [2.45, 2.75) is 25.4 Å². The maximum atomic E-state index is 13.4. The summed E-state index contributed by atoms with van der Waals surface area (Å²) in [6.45, 7) is 3.07. The molecule has 0 bridgehead atoms. The number of hydrogen-bond acceptors (Lipinski definition) is 3. The van der Waals surface area contributed by atoms with Gasteiger partial charge in [0.15, 0.2) is 0 Å². The summed E-state index contributed by atoms with van der Waals surface area (Å²) >= 11 is 0. The van der Waals surface area contributed by atoms with Gasteiger partial charge in [0.1, 0.15) is 5.82 Å². The van der Waals surface area contributed by atoms with E-state index in [0.717, 1.165) is 25.2 Å². The Morgan fingerprint density at radius 3 is 2.67 bits per heavy atom. The molecule has 0 spiro atoms. The maximum Gasteiger partial charge on any atom is 0.146 e. The molecule has 1 aromatic rings. The zero-order valence-corrected chi connectivity index (χ0v) is 11.2. The molecular formula is C14H22FN3. The molecule has 1 saturated heterocycles. The normalized spacial score (nSPS) is 18.4. The third-order valence-electron chi connectivity index (χ3n) is 3.81. The Balaban J connectivity index is 1.94. The third-order valence-corrected chi connectivity index (χ3v) is 3.81. The number of likely N-dealkylation sites (tertiary alicyclic amines) is 1. The highest BCUT2D eigenvalue weighted by Crippen LogP contribution is 2.18. The minimum Gasteiger partial charge on any atom is -0.396 e. The van der Waals surface area contributed by atoms with Gasteiger partial charge >= 0.3 is 0 Å². The van der Waals surface area contributed by atoms with E-state index in [4.69, 9.17) is 5.73 Å². The summed E-state index contributed by atoms with van der Waals surface area (Å²) < 4.78 is 13.4. The van der Waals surface area contributed by atoms with Crippen molar-refractivity contribution in [3.8, 4) is 0 Å². The molecule has 0 radical (unpaired) electrons. The number of nitrogens with two attached hydrogens (primary N) is 1. The molecule has 0 atom stereocenters. The van der Waals surface area contributed by atoms with Crippen LogP contribution in [0.5, 0.6) is 0 Å². The highest BCUT2D eigenvalue weighted by molar-refractivity contribution is 5.41. The fraction of sp³-hybridized carbons (Fsp3) is 0.571. The Morgan fingerprint density at radius 2 is 2.06 bits per heavy atom. The zero-order chi connectivity index (χ0) is 13.1. The summed E-state index contributed by atoms with van der Waals surface area (Å²) in [7, 11) is 4.27. The van der Waals surface area contributed by atoms with Gasteiger partial charge in [0, 0.05) is 12.6 Å². The van der Waals surface area contributed by atoms with Gasteiger partial charge in [0.05, 0.1) is 5.69 Å². The Morgan fingerprint density at radius 1 is 1.39 bits per heavy atom. The van der Waals surface area contributed by atoms with Gasteiger partial charge in [-0.2, -0.15) is 0 Å². The summed E-state index contributed by atoms with van der Waals surface area (Å²) in [6.07, 6.45) is 2.37. The van der Waals surface area contributed by atoms with E-state index in [0.29, 0.717) is 6.04 Å². The van der Waals surface area contributed by atoms with E-state index < -0.39 is 0 Å².